The second kappa shape index (κ2) is 5.41. The lowest BCUT2D eigenvalue weighted by molar-refractivity contribution is 0.590. The lowest BCUT2D eigenvalue weighted by Crippen LogP contribution is -2.07. The van der Waals surface area contributed by atoms with E-state index < -0.39 is 11.6 Å². The van der Waals surface area contributed by atoms with Crippen molar-refractivity contribution in [3.63, 3.8) is 0 Å². The van der Waals surface area contributed by atoms with Gasteiger partial charge < -0.3 is 4.57 Å². The Balaban J connectivity index is 2.19. The van der Waals surface area contributed by atoms with E-state index in [2.05, 4.69) is 9.97 Å². The van der Waals surface area contributed by atoms with Gasteiger partial charge in [-0.15, -0.1) is 11.6 Å². The van der Waals surface area contributed by atoms with Gasteiger partial charge in [0, 0.05) is 12.3 Å². The van der Waals surface area contributed by atoms with Gasteiger partial charge in [0.15, 0.2) is 5.82 Å². The van der Waals surface area contributed by atoms with Crippen molar-refractivity contribution in [2.45, 2.75) is 19.3 Å². The maximum Gasteiger partial charge on any atom is 0.153 e. The number of nitrogens with zero attached hydrogens (tertiary/aromatic N) is 3. The maximum atomic E-state index is 13.8. The van der Waals surface area contributed by atoms with Crippen LogP contribution < -0.4 is 0 Å². The molecule has 0 N–H and O–H groups in total. The van der Waals surface area contributed by atoms with Crippen LogP contribution in [0.4, 0.5) is 8.78 Å². The molecule has 0 saturated heterocycles. The average Bonchev–Trinajstić information content (AvgIpc) is 2.80. The van der Waals surface area contributed by atoms with Gasteiger partial charge in [-0.05, 0) is 24.6 Å². The number of benzene rings is 1. The summed E-state index contributed by atoms with van der Waals surface area (Å²) in [6.07, 6.45) is 1.68. The van der Waals surface area contributed by atoms with Crippen molar-refractivity contribution in [3.05, 3.63) is 59.2 Å². The van der Waals surface area contributed by atoms with E-state index in [1.807, 2.05) is 19.1 Å². The Morgan fingerprint density at radius 2 is 2.10 bits per heavy atom. The topological polar surface area (TPSA) is 30.7 Å². The summed E-state index contributed by atoms with van der Waals surface area (Å²) in [5.74, 6) is -0.726. The first-order valence-electron chi connectivity index (χ1n) is 6.40. The minimum absolute atomic E-state index is 0.113. The van der Waals surface area contributed by atoms with Gasteiger partial charge in [-0.3, -0.25) is 4.98 Å². The van der Waals surface area contributed by atoms with Crippen molar-refractivity contribution in [2.24, 2.45) is 0 Å². The summed E-state index contributed by atoms with van der Waals surface area (Å²) in [6, 6.07) is 5.86. The minimum atomic E-state index is -0.687. The summed E-state index contributed by atoms with van der Waals surface area (Å²) in [6.45, 7) is 2.30. The van der Waals surface area contributed by atoms with Crippen LogP contribution >= 0.6 is 11.6 Å². The molecule has 0 saturated carbocycles. The Labute approximate surface area is 125 Å². The fourth-order valence-corrected chi connectivity index (χ4v) is 2.51. The Morgan fingerprint density at radius 1 is 1.29 bits per heavy atom. The number of fused-ring (bicyclic) bond motifs is 1. The number of aryl methyl sites for hydroxylation is 1. The number of rotatable bonds is 3. The molecule has 0 aliphatic carbocycles. The number of hydrogen-bond donors (Lipinski definition) is 0. The number of halogens is 3. The molecule has 0 amide bonds. The summed E-state index contributed by atoms with van der Waals surface area (Å²) in [5, 5.41) is 0. The molecule has 0 bridgehead atoms. The summed E-state index contributed by atoms with van der Waals surface area (Å²) < 4.78 is 29.0. The third kappa shape index (κ3) is 2.49. The highest BCUT2D eigenvalue weighted by molar-refractivity contribution is 6.16. The summed E-state index contributed by atoms with van der Waals surface area (Å²) in [4.78, 5) is 8.46. The largest absolute Gasteiger partial charge is 0.321 e. The van der Waals surface area contributed by atoms with Crippen LogP contribution in [0.5, 0.6) is 0 Å². The molecule has 0 aliphatic heterocycles. The van der Waals surface area contributed by atoms with E-state index in [4.69, 9.17) is 11.6 Å². The number of hydrogen-bond acceptors (Lipinski definition) is 2. The van der Waals surface area contributed by atoms with Crippen LogP contribution in [0, 0.1) is 18.6 Å². The molecule has 6 heteroatoms. The van der Waals surface area contributed by atoms with Gasteiger partial charge in [0.25, 0.3) is 0 Å². The van der Waals surface area contributed by atoms with E-state index in [9.17, 15) is 8.78 Å². The molecule has 21 heavy (non-hydrogen) atoms. The van der Waals surface area contributed by atoms with Crippen LogP contribution in [0.1, 0.15) is 17.1 Å². The number of pyridine rings is 1. The molecule has 108 valence electrons. The van der Waals surface area contributed by atoms with Gasteiger partial charge >= 0.3 is 0 Å². The monoisotopic (exact) mass is 307 g/mol. The van der Waals surface area contributed by atoms with Gasteiger partial charge in [0.05, 0.1) is 23.6 Å². The molecule has 0 aliphatic rings. The molecular formula is C15H12ClF2N3. The number of alkyl halides is 1. The second-order valence-corrected chi connectivity index (χ2v) is 5.04. The molecule has 1 aromatic carbocycles. The molecule has 3 nitrogen and oxygen atoms in total. The zero-order valence-electron chi connectivity index (χ0n) is 11.3. The average molecular weight is 308 g/mol. The van der Waals surface area contributed by atoms with Crippen molar-refractivity contribution in [2.75, 3.05) is 0 Å². The van der Waals surface area contributed by atoms with E-state index in [0.717, 1.165) is 17.3 Å². The molecule has 3 rings (SSSR count). The highest BCUT2D eigenvalue weighted by atomic mass is 35.5. The van der Waals surface area contributed by atoms with E-state index in [-0.39, 0.29) is 11.4 Å². The Morgan fingerprint density at radius 3 is 2.81 bits per heavy atom. The van der Waals surface area contributed by atoms with Crippen LogP contribution in [0.3, 0.4) is 0 Å². The third-order valence-electron chi connectivity index (χ3n) is 3.40. The smallest absolute Gasteiger partial charge is 0.153 e. The molecule has 2 heterocycles. The van der Waals surface area contributed by atoms with Crippen LogP contribution in [-0.2, 0) is 12.4 Å². The van der Waals surface area contributed by atoms with Crippen molar-refractivity contribution < 1.29 is 8.78 Å². The van der Waals surface area contributed by atoms with Crippen LogP contribution in [0.15, 0.2) is 30.5 Å². The molecule has 2 aromatic heterocycles. The minimum Gasteiger partial charge on any atom is -0.321 e. The van der Waals surface area contributed by atoms with Crippen molar-refractivity contribution in [1.29, 1.82) is 0 Å². The molecule has 3 aromatic rings. The fraction of sp³-hybridized carbons (Fsp3) is 0.200. The Kier molecular flexibility index (Phi) is 3.59. The third-order valence-corrected chi connectivity index (χ3v) is 3.64. The summed E-state index contributed by atoms with van der Waals surface area (Å²) in [5.41, 5.74) is 2.32. The molecule has 0 unspecified atom stereocenters. The van der Waals surface area contributed by atoms with E-state index in [0.29, 0.717) is 17.9 Å². The van der Waals surface area contributed by atoms with Crippen molar-refractivity contribution in [1.82, 2.24) is 14.5 Å². The van der Waals surface area contributed by atoms with E-state index in [1.165, 1.54) is 6.07 Å². The van der Waals surface area contributed by atoms with Gasteiger partial charge in [0.1, 0.15) is 17.2 Å². The van der Waals surface area contributed by atoms with Crippen molar-refractivity contribution >= 4 is 22.6 Å². The predicted octanol–water partition coefficient (Wildman–Crippen LogP) is 3.81. The number of aromatic nitrogens is 3. The van der Waals surface area contributed by atoms with E-state index >= 15 is 0 Å². The quantitative estimate of drug-likeness (QED) is 0.689. The van der Waals surface area contributed by atoms with Gasteiger partial charge in [-0.1, -0.05) is 6.07 Å². The Bertz CT molecular complexity index is 814. The standard InChI is InChI=1S/C15H12ClF2N3/c1-9-3-2-4-19-12(9)8-21-13-6-10(17)5-11(18)15(13)20-14(21)7-16/h2-6H,7-8H2,1H3. The normalized spacial score (nSPS) is 11.2. The maximum absolute atomic E-state index is 13.8. The summed E-state index contributed by atoms with van der Waals surface area (Å²) >= 11 is 5.88. The first-order valence-corrected chi connectivity index (χ1v) is 6.94. The molecule has 0 fully saturated rings. The summed E-state index contributed by atoms with van der Waals surface area (Å²) in [7, 11) is 0. The predicted molar refractivity (Wildman–Crippen MR) is 77.3 cm³/mol. The fourth-order valence-electron chi connectivity index (χ4n) is 2.31. The lowest BCUT2D eigenvalue weighted by atomic mass is 10.2. The molecular weight excluding hydrogens is 296 g/mol. The van der Waals surface area contributed by atoms with Gasteiger partial charge in [0.2, 0.25) is 0 Å². The SMILES string of the molecule is Cc1cccnc1Cn1c(CCl)nc2c(F)cc(F)cc21. The van der Waals surface area contributed by atoms with Crippen LogP contribution in [-0.4, -0.2) is 14.5 Å². The highest BCUT2D eigenvalue weighted by Crippen LogP contribution is 2.23. The van der Waals surface area contributed by atoms with Crippen LogP contribution in [0.25, 0.3) is 11.0 Å². The highest BCUT2D eigenvalue weighted by Gasteiger charge is 2.16. The molecule has 0 radical (unpaired) electrons. The number of imidazole rings is 1. The van der Waals surface area contributed by atoms with E-state index in [1.54, 1.807) is 10.8 Å². The zero-order chi connectivity index (χ0) is 15.0. The molecule has 0 atom stereocenters. The molecule has 0 spiro atoms. The Hall–Kier alpha value is -2.01. The lowest BCUT2D eigenvalue weighted by Gasteiger charge is -2.09. The van der Waals surface area contributed by atoms with Gasteiger partial charge in [-0.2, -0.15) is 0 Å². The van der Waals surface area contributed by atoms with Gasteiger partial charge in [-0.25, -0.2) is 13.8 Å². The first-order chi connectivity index (χ1) is 10.1. The first kappa shape index (κ1) is 13.9. The van der Waals surface area contributed by atoms with Crippen LogP contribution in [0.2, 0.25) is 0 Å². The van der Waals surface area contributed by atoms with Crippen molar-refractivity contribution in [3.8, 4) is 0 Å². The second-order valence-electron chi connectivity index (χ2n) is 4.77. The zero-order valence-corrected chi connectivity index (χ0v) is 12.0.